The molecular formula is C9H12N4O2. The summed E-state index contributed by atoms with van der Waals surface area (Å²) in [7, 11) is 0. The number of nitrogens with zero attached hydrogens (tertiary/aromatic N) is 3. The van der Waals surface area contributed by atoms with Crippen LogP contribution in [0.5, 0.6) is 0 Å². The van der Waals surface area contributed by atoms with E-state index >= 15 is 0 Å². The first kappa shape index (κ1) is 9.85. The lowest BCUT2D eigenvalue weighted by Gasteiger charge is -2.28. The van der Waals surface area contributed by atoms with Crippen molar-refractivity contribution in [1.82, 2.24) is 15.3 Å². The van der Waals surface area contributed by atoms with Crippen LogP contribution in [0.3, 0.4) is 0 Å². The van der Waals surface area contributed by atoms with Crippen molar-refractivity contribution in [2.24, 2.45) is 0 Å². The summed E-state index contributed by atoms with van der Waals surface area (Å²) in [6.07, 6.45) is 2.72. The van der Waals surface area contributed by atoms with Gasteiger partial charge in [0.1, 0.15) is 17.7 Å². The van der Waals surface area contributed by atoms with Crippen molar-refractivity contribution in [3.63, 3.8) is 0 Å². The first-order chi connectivity index (χ1) is 7.29. The van der Waals surface area contributed by atoms with Crippen molar-refractivity contribution in [3.8, 4) is 0 Å². The maximum atomic E-state index is 10.9. The summed E-state index contributed by atoms with van der Waals surface area (Å²) in [5, 5.41) is 12.2. The van der Waals surface area contributed by atoms with E-state index in [-0.39, 0.29) is 5.56 Å². The van der Waals surface area contributed by atoms with Crippen LogP contribution in [0.4, 0.5) is 5.82 Å². The number of aromatic nitrogens is 2. The van der Waals surface area contributed by atoms with Crippen LogP contribution < -0.4 is 10.2 Å². The van der Waals surface area contributed by atoms with Gasteiger partial charge < -0.3 is 15.3 Å². The van der Waals surface area contributed by atoms with Gasteiger partial charge in [-0.1, -0.05) is 0 Å². The van der Waals surface area contributed by atoms with E-state index in [2.05, 4.69) is 15.3 Å². The van der Waals surface area contributed by atoms with E-state index in [0.29, 0.717) is 5.82 Å². The third kappa shape index (κ3) is 2.04. The number of piperazine rings is 1. The number of carbonyl (C=O) groups is 1. The highest BCUT2D eigenvalue weighted by molar-refractivity contribution is 5.92. The SMILES string of the molecule is O=C(O)c1cncnc1N1CCNCC1. The van der Waals surface area contributed by atoms with Gasteiger partial charge in [0, 0.05) is 32.4 Å². The summed E-state index contributed by atoms with van der Waals surface area (Å²) >= 11 is 0. The van der Waals surface area contributed by atoms with E-state index in [0.717, 1.165) is 26.2 Å². The topological polar surface area (TPSA) is 78.3 Å². The van der Waals surface area contributed by atoms with Crippen molar-refractivity contribution in [2.45, 2.75) is 0 Å². The summed E-state index contributed by atoms with van der Waals surface area (Å²) in [6, 6.07) is 0. The van der Waals surface area contributed by atoms with Gasteiger partial charge in [0.25, 0.3) is 0 Å². The van der Waals surface area contributed by atoms with E-state index < -0.39 is 5.97 Å². The number of rotatable bonds is 2. The smallest absolute Gasteiger partial charge is 0.341 e. The molecule has 0 radical (unpaired) electrons. The average Bonchev–Trinajstić information content (AvgIpc) is 2.30. The van der Waals surface area contributed by atoms with Crippen LogP contribution in [-0.2, 0) is 0 Å². The Labute approximate surface area is 87.0 Å². The molecule has 1 aromatic heterocycles. The number of hydrogen-bond donors (Lipinski definition) is 2. The van der Waals surface area contributed by atoms with Crippen LogP contribution in [0.15, 0.2) is 12.5 Å². The van der Waals surface area contributed by atoms with E-state index in [1.54, 1.807) is 0 Å². The number of nitrogens with one attached hydrogen (secondary N) is 1. The van der Waals surface area contributed by atoms with Gasteiger partial charge in [-0.2, -0.15) is 0 Å². The summed E-state index contributed by atoms with van der Waals surface area (Å²) < 4.78 is 0. The second-order valence-electron chi connectivity index (χ2n) is 3.30. The van der Waals surface area contributed by atoms with Crippen LogP contribution in [-0.4, -0.2) is 47.2 Å². The Kier molecular flexibility index (Phi) is 2.77. The van der Waals surface area contributed by atoms with E-state index in [1.165, 1.54) is 12.5 Å². The molecule has 0 aliphatic carbocycles. The van der Waals surface area contributed by atoms with Gasteiger partial charge in [-0.3, -0.25) is 0 Å². The van der Waals surface area contributed by atoms with Gasteiger partial charge in [-0.05, 0) is 0 Å². The third-order valence-electron chi connectivity index (χ3n) is 2.34. The number of carboxylic acids is 1. The van der Waals surface area contributed by atoms with Gasteiger partial charge >= 0.3 is 5.97 Å². The minimum atomic E-state index is -0.982. The minimum absolute atomic E-state index is 0.166. The summed E-state index contributed by atoms with van der Waals surface area (Å²) in [5.41, 5.74) is 0.166. The van der Waals surface area contributed by atoms with Gasteiger partial charge in [0.2, 0.25) is 0 Å². The molecule has 6 nitrogen and oxygen atoms in total. The monoisotopic (exact) mass is 208 g/mol. The lowest BCUT2D eigenvalue weighted by molar-refractivity contribution is 0.0696. The Morgan fingerprint density at radius 3 is 2.87 bits per heavy atom. The van der Waals surface area contributed by atoms with Gasteiger partial charge in [0.05, 0.1) is 0 Å². The Balaban J connectivity index is 2.29. The Morgan fingerprint density at radius 1 is 1.47 bits per heavy atom. The predicted molar refractivity (Wildman–Crippen MR) is 54.1 cm³/mol. The molecule has 2 N–H and O–H groups in total. The van der Waals surface area contributed by atoms with Crippen LogP contribution in [0.1, 0.15) is 10.4 Å². The maximum Gasteiger partial charge on any atom is 0.341 e. The molecule has 2 rings (SSSR count). The fraction of sp³-hybridized carbons (Fsp3) is 0.444. The highest BCUT2D eigenvalue weighted by Gasteiger charge is 2.18. The van der Waals surface area contributed by atoms with Crippen molar-refractivity contribution >= 4 is 11.8 Å². The van der Waals surface area contributed by atoms with Crippen LogP contribution in [0.25, 0.3) is 0 Å². The predicted octanol–water partition coefficient (Wildman–Crippen LogP) is -0.416. The van der Waals surface area contributed by atoms with E-state index in [4.69, 9.17) is 5.11 Å². The standard InChI is InChI=1S/C9H12N4O2/c14-9(15)7-5-11-6-12-8(7)13-3-1-10-2-4-13/h5-6,10H,1-4H2,(H,14,15). The lowest BCUT2D eigenvalue weighted by atomic mass is 10.2. The van der Waals surface area contributed by atoms with Crippen molar-refractivity contribution < 1.29 is 9.90 Å². The molecule has 2 heterocycles. The second-order valence-corrected chi connectivity index (χ2v) is 3.30. The first-order valence-electron chi connectivity index (χ1n) is 4.78. The molecular weight excluding hydrogens is 196 g/mol. The fourth-order valence-corrected chi connectivity index (χ4v) is 1.60. The molecule has 80 valence electrons. The summed E-state index contributed by atoms with van der Waals surface area (Å²) in [4.78, 5) is 20.7. The lowest BCUT2D eigenvalue weighted by Crippen LogP contribution is -2.44. The zero-order valence-electron chi connectivity index (χ0n) is 8.18. The molecule has 0 aromatic carbocycles. The minimum Gasteiger partial charge on any atom is -0.477 e. The van der Waals surface area contributed by atoms with Crippen molar-refractivity contribution in [1.29, 1.82) is 0 Å². The second kappa shape index (κ2) is 4.22. The first-order valence-corrected chi connectivity index (χ1v) is 4.78. The normalized spacial score (nSPS) is 16.4. The Bertz CT molecular complexity index is 363. The van der Waals surface area contributed by atoms with E-state index in [1.807, 2.05) is 4.90 Å². The fourth-order valence-electron chi connectivity index (χ4n) is 1.60. The van der Waals surface area contributed by atoms with Gasteiger partial charge in [-0.25, -0.2) is 14.8 Å². The molecule has 1 aromatic rings. The number of aromatic carboxylic acids is 1. The molecule has 0 amide bonds. The Hall–Kier alpha value is -1.69. The summed E-state index contributed by atoms with van der Waals surface area (Å²) in [6.45, 7) is 3.25. The molecule has 0 unspecified atom stereocenters. The molecule has 1 aliphatic rings. The molecule has 15 heavy (non-hydrogen) atoms. The number of carboxylic acid groups (broad SMARTS) is 1. The maximum absolute atomic E-state index is 10.9. The zero-order chi connectivity index (χ0) is 10.7. The molecule has 0 atom stereocenters. The number of hydrogen-bond acceptors (Lipinski definition) is 5. The zero-order valence-corrected chi connectivity index (χ0v) is 8.18. The Morgan fingerprint density at radius 2 is 2.20 bits per heavy atom. The van der Waals surface area contributed by atoms with Gasteiger partial charge in [-0.15, -0.1) is 0 Å². The molecule has 6 heteroatoms. The van der Waals surface area contributed by atoms with Crippen LogP contribution in [0.2, 0.25) is 0 Å². The average molecular weight is 208 g/mol. The highest BCUT2D eigenvalue weighted by atomic mass is 16.4. The largest absolute Gasteiger partial charge is 0.477 e. The molecule has 1 saturated heterocycles. The van der Waals surface area contributed by atoms with Crippen LogP contribution >= 0.6 is 0 Å². The quantitative estimate of drug-likeness (QED) is 0.687. The number of anilines is 1. The van der Waals surface area contributed by atoms with Gasteiger partial charge in [0.15, 0.2) is 0 Å². The molecule has 0 spiro atoms. The molecule has 0 saturated carbocycles. The highest BCUT2D eigenvalue weighted by Crippen LogP contribution is 2.16. The van der Waals surface area contributed by atoms with E-state index in [9.17, 15) is 4.79 Å². The molecule has 0 bridgehead atoms. The van der Waals surface area contributed by atoms with Crippen molar-refractivity contribution in [2.75, 3.05) is 31.1 Å². The molecule has 1 fully saturated rings. The van der Waals surface area contributed by atoms with Crippen molar-refractivity contribution in [3.05, 3.63) is 18.1 Å². The summed E-state index contributed by atoms with van der Waals surface area (Å²) in [5.74, 6) is -0.469. The molecule has 1 aliphatic heterocycles. The van der Waals surface area contributed by atoms with Crippen LogP contribution in [0, 0.1) is 0 Å². The third-order valence-corrected chi connectivity index (χ3v) is 2.34.